The highest BCUT2D eigenvalue weighted by Gasteiger charge is 2.26. The third-order valence-electron chi connectivity index (χ3n) is 6.55. The van der Waals surface area contributed by atoms with Crippen molar-refractivity contribution < 1.29 is 13.9 Å². The van der Waals surface area contributed by atoms with Crippen LogP contribution in [0.3, 0.4) is 0 Å². The van der Waals surface area contributed by atoms with Crippen LogP contribution in [-0.4, -0.2) is 41.0 Å². The highest BCUT2D eigenvalue weighted by Crippen LogP contribution is 2.32. The predicted octanol–water partition coefficient (Wildman–Crippen LogP) is 5.05. The molecular weight excluding hydrogens is 431 g/mol. The van der Waals surface area contributed by atoms with Gasteiger partial charge in [0.05, 0.1) is 12.7 Å². The molecule has 34 heavy (non-hydrogen) atoms. The second-order valence-corrected chi connectivity index (χ2v) is 8.53. The lowest BCUT2D eigenvalue weighted by atomic mass is 9.88. The van der Waals surface area contributed by atoms with Gasteiger partial charge < -0.3 is 15.4 Å². The number of aromatic nitrogens is 2. The van der Waals surface area contributed by atoms with Crippen LogP contribution in [0.5, 0.6) is 5.88 Å². The van der Waals surface area contributed by atoms with E-state index in [9.17, 15) is 9.18 Å². The van der Waals surface area contributed by atoms with E-state index < -0.39 is 5.82 Å². The van der Waals surface area contributed by atoms with Gasteiger partial charge in [-0.25, -0.2) is 14.4 Å². The third kappa shape index (κ3) is 4.17. The lowest BCUT2D eigenvalue weighted by molar-refractivity contribution is 0.0708. The Balaban J connectivity index is 1.28. The number of fused-ring (bicyclic) bond motifs is 1. The summed E-state index contributed by atoms with van der Waals surface area (Å²) in [7, 11) is 1.54. The van der Waals surface area contributed by atoms with Crippen LogP contribution < -0.4 is 10.5 Å². The fraction of sp³-hybridized carbons (Fsp3) is 0.222. The number of likely N-dealkylation sites (tertiary alicyclic amines) is 1. The number of rotatable bonds is 4. The molecule has 0 unspecified atom stereocenters. The Morgan fingerprint density at radius 1 is 1.03 bits per heavy atom. The van der Waals surface area contributed by atoms with Crippen molar-refractivity contribution in [2.75, 3.05) is 25.9 Å². The Labute approximate surface area is 197 Å². The van der Waals surface area contributed by atoms with Crippen molar-refractivity contribution in [2.45, 2.75) is 18.8 Å². The maximum Gasteiger partial charge on any atom is 0.256 e. The Kier molecular flexibility index (Phi) is 5.84. The van der Waals surface area contributed by atoms with E-state index in [4.69, 9.17) is 10.5 Å². The summed E-state index contributed by atoms with van der Waals surface area (Å²) in [5, 5.41) is 2.01. The Hall–Kier alpha value is -4.00. The number of halogens is 1. The molecule has 1 aliphatic rings. The van der Waals surface area contributed by atoms with Crippen LogP contribution in [-0.2, 0) is 0 Å². The minimum atomic E-state index is -0.530. The topological polar surface area (TPSA) is 81.3 Å². The number of amides is 1. The van der Waals surface area contributed by atoms with Gasteiger partial charge in [0.25, 0.3) is 5.91 Å². The molecule has 1 aliphatic heterocycles. The summed E-state index contributed by atoms with van der Waals surface area (Å²) in [6.45, 7) is 1.15. The van der Waals surface area contributed by atoms with E-state index in [0.717, 1.165) is 29.2 Å². The quantitative estimate of drug-likeness (QED) is 0.465. The van der Waals surface area contributed by atoms with E-state index in [2.05, 4.69) is 28.2 Å². The van der Waals surface area contributed by atoms with E-state index in [1.807, 2.05) is 12.1 Å². The number of hydrogen-bond donors (Lipinski definition) is 1. The highest BCUT2D eigenvalue weighted by molar-refractivity contribution is 5.95. The first-order valence-electron chi connectivity index (χ1n) is 11.3. The summed E-state index contributed by atoms with van der Waals surface area (Å²) in [4.78, 5) is 23.1. The molecule has 3 heterocycles. The number of ether oxygens (including phenoxy) is 1. The molecule has 172 valence electrons. The van der Waals surface area contributed by atoms with Crippen LogP contribution in [0.15, 0.2) is 67.0 Å². The molecule has 1 saturated heterocycles. The molecule has 1 fully saturated rings. The van der Waals surface area contributed by atoms with E-state index in [1.165, 1.54) is 11.6 Å². The molecule has 2 aromatic heterocycles. The molecule has 0 aliphatic carbocycles. The van der Waals surface area contributed by atoms with Gasteiger partial charge in [-0.1, -0.05) is 18.2 Å². The largest absolute Gasteiger partial charge is 0.481 e. The van der Waals surface area contributed by atoms with Gasteiger partial charge in [-0.3, -0.25) is 4.79 Å². The number of nitrogen functional groups attached to an aromatic ring is 1. The van der Waals surface area contributed by atoms with Gasteiger partial charge in [-0.15, -0.1) is 0 Å². The summed E-state index contributed by atoms with van der Waals surface area (Å²) in [6, 6.07) is 16.5. The van der Waals surface area contributed by atoms with E-state index in [-0.39, 0.29) is 11.5 Å². The molecule has 0 radical (unpaired) electrons. The van der Waals surface area contributed by atoms with Crippen molar-refractivity contribution in [3.63, 3.8) is 0 Å². The minimum Gasteiger partial charge on any atom is -0.481 e. The summed E-state index contributed by atoms with van der Waals surface area (Å²) >= 11 is 0. The Morgan fingerprint density at radius 2 is 1.82 bits per heavy atom. The van der Waals surface area contributed by atoms with Crippen molar-refractivity contribution in [3.8, 4) is 17.0 Å². The average molecular weight is 457 g/mol. The minimum absolute atomic E-state index is 0.0909. The first-order valence-corrected chi connectivity index (χ1v) is 11.3. The Bertz CT molecular complexity index is 1350. The smallest absolute Gasteiger partial charge is 0.256 e. The molecule has 5 rings (SSSR count). The van der Waals surface area contributed by atoms with Crippen LogP contribution in [0.25, 0.3) is 21.9 Å². The monoisotopic (exact) mass is 456 g/mol. The number of hydrogen-bond acceptors (Lipinski definition) is 5. The fourth-order valence-electron chi connectivity index (χ4n) is 4.59. The molecule has 0 atom stereocenters. The first-order chi connectivity index (χ1) is 16.5. The van der Waals surface area contributed by atoms with Crippen molar-refractivity contribution in [2.24, 2.45) is 0 Å². The summed E-state index contributed by atoms with van der Waals surface area (Å²) < 4.78 is 20.0. The molecule has 2 aromatic carbocycles. The number of nitrogens with zero attached hydrogens (tertiary/aromatic N) is 3. The van der Waals surface area contributed by atoms with Gasteiger partial charge in [0.15, 0.2) is 0 Å². The lowest BCUT2D eigenvalue weighted by Gasteiger charge is -2.32. The Morgan fingerprint density at radius 3 is 2.53 bits per heavy atom. The third-order valence-corrected chi connectivity index (χ3v) is 6.55. The van der Waals surface area contributed by atoms with E-state index in [1.54, 1.807) is 42.6 Å². The van der Waals surface area contributed by atoms with Gasteiger partial charge in [-0.2, -0.15) is 0 Å². The van der Waals surface area contributed by atoms with Gasteiger partial charge in [0.2, 0.25) is 5.88 Å². The van der Waals surface area contributed by atoms with Gasteiger partial charge in [0, 0.05) is 42.5 Å². The van der Waals surface area contributed by atoms with Gasteiger partial charge in [0.1, 0.15) is 11.6 Å². The van der Waals surface area contributed by atoms with Crippen LogP contribution in [0.2, 0.25) is 0 Å². The molecule has 1 amide bonds. The second-order valence-electron chi connectivity index (χ2n) is 8.53. The molecule has 2 N–H and O–H groups in total. The number of piperidine rings is 1. The zero-order chi connectivity index (χ0) is 23.7. The standard InChI is InChI=1S/C27H25FN4O2/c1-34-25-7-5-21(16-31-25)20-4-6-22(24(28)15-20)27(33)32-12-9-17(10-13-32)19-3-2-18-8-11-30-26(29)23(18)14-19/h2-8,11,14-17H,9-10,12-13H2,1H3,(H2,29,30). The summed E-state index contributed by atoms with van der Waals surface area (Å²) in [6.07, 6.45) is 4.96. The van der Waals surface area contributed by atoms with Crippen molar-refractivity contribution >= 4 is 22.5 Å². The maximum absolute atomic E-state index is 14.9. The van der Waals surface area contributed by atoms with E-state index in [0.29, 0.717) is 36.3 Å². The second kappa shape index (κ2) is 9.09. The molecule has 7 heteroatoms. The number of benzene rings is 2. The SMILES string of the molecule is COc1ccc(-c2ccc(C(=O)N3CCC(c4ccc5ccnc(N)c5c4)CC3)c(F)c2)cn1. The summed E-state index contributed by atoms with van der Waals surface area (Å²) in [5.74, 6) is 0.530. The van der Waals surface area contributed by atoms with Crippen molar-refractivity contribution in [3.05, 3.63) is 83.9 Å². The molecule has 4 aromatic rings. The number of carbonyl (C=O) groups excluding carboxylic acids is 1. The zero-order valence-electron chi connectivity index (χ0n) is 18.9. The van der Waals surface area contributed by atoms with Crippen LogP contribution in [0.4, 0.5) is 10.2 Å². The first kappa shape index (κ1) is 21.8. The number of anilines is 1. The molecule has 0 bridgehead atoms. The number of carbonyl (C=O) groups is 1. The molecular formula is C27H25FN4O2. The normalized spacial score (nSPS) is 14.4. The average Bonchev–Trinajstić information content (AvgIpc) is 2.88. The number of methoxy groups -OCH3 is 1. The van der Waals surface area contributed by atoms with Crippen molar-refractivity contribution in [1.29, 1.82) is 0 Å². The van der Waals surface area contributed by atoms with E-state index >= 15 is 0 Å². The van der Waals surface area contributed by atoms with Gasteiger partial charge >= 0.3 is 0 Å². The predicted molar refractivity (Wildman–Crippen MR) is 130 cm³/mol. The lowest BCUT2D eigenvalue weighted by Crippen LogP contribution is -2.38. The van der Waals surface area contributed by atoms with Crippen LogP contribution in [0.1, 0.15) is 34.7 Å². The van der Waals surface area contributed by atoms with Crippen LogP contribution in [0, 0.1) is 5.82 Å². The van der Waals surface area contributed by atoms with Gasteiger partial charge in [-0.05, 0) is 65.6 Å². The fourth-order valence-corrected chi connectivity index (χ4v) is 4.59. The van der Waals surface area contributed by atoms with Crippen LogP contribution >= 0.6 is 0 Å². The van der Waals surface area contributed by atoms with Crippen molar-refractivity contribution in [1.82, 2.24) is 14.9 Å². The number of nitrogens with two attached hydrogens (primary N) is 1. The molecule has 6 nitrogen and oxygen atoms in total. The molecule has 0 saturated carbocycles. The zero-order valence-corrected chi connectivity index (χ0v) is 18.9. The molecule has 0 spiro atoms. The number of pyridine rings is 2. The highest BCUT2D eigenvalue weighted by atomic mass is 19.1. The summed E-state index contributed by atoms with van der Waals surface area (Å²) in [5.41, 5.74) is 8.75. The maximum atomic E-state index is 14.9.